The van der Waals surface area contributed by atoms with Gasteiger partial charge in [0.2, 0.25) is 5.91 Å². The molecule has 0 spiro atoms. The minimum absolute atomic E-state index is 0.00311. The molecular formula is C16H22BNO5. The summed E-state index contributed by atoms with van der Waals surface area (Å²) in [7, 11) is -0.742. The maximum atomic E-state index is 11.9. The van der Waals surface area contributed by atoms with E-state index in [1.165, 1.54) is 0 Å². The average molecular weight is 319 g/mol. The number of unbranched alkanes of at least 4 members (excludes halogenated alkanes) is 1. The van der Waals surface area contributed by atoms with Crippen molar-refractivity contribution in [2.45, 2.75) is 38.1 Å². The molecule has 7 heteroatoms. The first-order chi connectivity index (χ1) is 11.2. The highest BCUT2D eigenvalue weighted by atomic mass is 16.5. The molecule has 1 amide bonds. The molecule has 1 fully saturated rings. The summed E-state index contributed by atoms with van der Waals surface area (Å²) in [5.41, 5.74) is 1.08. The van der Waals surface area contributed by atoms with Gasteiger partial charge in [0.25, 0.3) is 0 Å². The van der Waals surface area contributed by atoms with Gasteiger partial charge in [0.1, 0.15) is 17.6 Å². The van der Waals surface area contributed by atoms with Crippen LogP contribution in [0, 0.1) is 0 Å². The van der Waals surface area contributed by atoms with Gasteiger partial charge >= 0.3 is 7.12 Å². The second-order valence-electron chi connectivity index (χ2n) is 6.10. The molecule has 0 saturated carbocycles. The van der Waals surface area contributed by atoms with Gasteiger partial charge in [-0.1, -0.05) is 6.07 Å². The maximum absolute atomic E-state index is 11.9. The summed E-state index contributed by atoms with van der Waals surface area (Å²) in [6, 6.07) is 5.68. The Morgan fingerprint density at radius 3 is 3.00 bits per heavy atom. The molecule has 3 rings (SSSR count). The molecule has 0 atom stereocenters. The van der Waals surface area contributed by atoms with Gasteiger partial charge in [-0.3, -0.25) is 4.79 Å². The molecule has 2 N–H and O–H groups in total. The lowest BCUT2D eigenvalue weighted by Gasteiger charge is -2.39. The third-order valence-electron chi connectivity index (χ3n) is 4.26. The number of fused-ring (bicyclic) bond motifs is 1. The van der Waals surface area contributed by atoms with E-state index >= 15 is 0 Å². The Morgan fingerprint density at radius 1 is 1.39 bits per heavy atom. The maximum Gasteiger partial charge on any atom is 0.522 e. The minimum Gasteiger partial charge on any atom is -0.536 e. The zero-order valence-corrected chi connectivity index (χ0v) is 13.1. The van der Waals surface area contributed by atoms with E-state index in [4.69, 9.17) is 14.5 Å². The van der Waals surface area contributed by atoms with E-state index in [0.29, 0.717) is 43.8 Å². The van der Waals surface area contributed by atoms with Crippen molar-refractivity contribution in [2.24, 2.45) is 0 Å². The predicted octanol–water partition coefficient (Wildman–Crippen LogP) is 0.854. The Labute approximate surface area is 136 Å². The molecule has 0 aliphatic carbocycles. The second-order valence-corrected chi connectivity index (χ2v) is 6.10. The molecule has 2 aliphatic rings. The number of hydrogen-bond donors (Lipinski definition) is 2. The molecule has 2 heterocycles. The van der Waals surface area contributed by atoms with Crippen LogP contribution in [0.2, 0.25) is 6.32 Å². The predicted molar refractivity (Wildman–Crippen MR) is 85.5 cm³/mol. The van der Waals surface area contributed by atoms with Crippen LogP contribution in [0.25, 0.3) is 0 Å². The Morgan fingerprint density at radius 2 is 2.22 bits per heavy atom. The van der Waals surface area contributed by atoms with Gasteiger partial charge in [-0.05, 0) is 37.2 Å². The number of aliphatic hydroxyl groups is 1. The standard InChI is InChI=1S/C16H22BNO5/c19-8-2-1-3-16(20)18-10-14(11-18)22-13-5-4-12-6-7-17(21)23-15(12)9-13/h4-5,9,14,19,21H,1-3,6-8,10-11H2. The van der Waals surface area contributed by atoms with Gasteiger partial charge in [0.15, 0.2) is 0 Å². The number of hydrogen-bond acceptors (Lipinski definition) is 5. The lowest BCUT2D eigenvalue weighted by molar-refractivity contribution is -0.140. The monoisotopic (exact) mass is 319 g/mol. The first kappa shape index (κ1) is 16.1. The van der Waals surface area contributed by atoms with Crippen molar-refractivity contribution in [2.75, 3.05) is 19.7 Å². The molecule has 0 unspecified atom stereocenters. The van der Waals surface area contributed by atoms with Gasteiger partial charge in [0, 0.05) is 19.1 Å². The van der Waals surface area contributed by atoms with E-state index in [9.17, 15) is 9.82 Å². The molecule has 2 aliphatic heterocycles. The second kappa shape index (κ2) is 7.23. The summed E-state index contributed by atoms with van der Waals surface area (Å²) < 4.78 is 11.3. The Bertz CT molecular complexity index is 561. The SMILES string of the molecule is O=C(CCCCO)N1CC(Oc2ccc3c(c2)OB(O)CC3)C1. The van der Waals surface area contributed by atoms with Crippen LogP contribution in [0.1, 0.15) is 24.8 Å². The topological polar surface area (TPSA) is 79.2 Å². The number of amides is 1. The third-order valence-corrected chi connectivity index (χ3v) is 4.26. The van der Waals surface area contributed by atoms with Crippen LogP contribution in [0.3, 0.4) is 0 Å². The lowest BCUT2D eigenvalue weighted by Crippen LogP contribution is -2.56. The molecule has 1 saturated heterocycles. The van der Waals surface area contributed by atoms with Gasteiger partial charge in [0.05, 0.1) is 13.1 Å². The van der Waals surface area contributed by atoms with E-state index < -0.39 is 7.12 Å². The van der Waals surface area contributed by atoms with Gasteiger partial charge < -0.3 is 24.4 Å². The first-order valence-electron chi connectivity index (χ1n) is 8.18. The summed E-state index contributed by atoms with van der Waals surface area (Å²) in [5.74, 6) is 1.50. The van der Waals surface area contributed by atoms with Crippen molar-refractivity contribution in [3.63, 3.8) is 0 Å². The Hall–Kier alpha value is -1.73. The number of rotatable bonds is 6. The van der Waals surface area contributed by atoms with Crippen LogP contribution in [0.4, 0.5) is 0 Å². The molecule has 23 heavy (non-hydrogen) atoms. The number of carbonyl (C=O) groups excluding carboxylic acids is 1. The first-order valence-corrected chi connectivity index (χ1v) is 8.18. The lowest BCUT2D eigenvalue weighted by atomic mass is 9.79. The van der Waals surface area contributed by atoms with Crippen LogP contribution < -0.4 is 9.39 Å². The number of benzene rings is 1. The summed E-state index contributed by atoms with van der Waals surface area (Å²) in [4.78, 5) is 13.6. The highest BCUT2D eigenvalue weighted by Crippen LogP contribution is 2.31. The van der Waals surface area contributed by atoms with Crippen LogP contribution in [-0.2, 0) is 11.2 Å². The van der Waals surface area contributed by atoms with Crippen molar-refractivity contribution in [3.05, 3.63) is 23.8 Å². The zero-order chi connectivity index (χ0) is 16.2. The highest BCUT2D eigenvalue weighted by Gasteiger charge is 2.32. The van der Waals surface area contributed by atoms with Crippen LogP contribution in [0.15, 0.2) is 18.2 Å². The molecular weight excluding hydrogens is 297 g/mol. The largest absolute Gasteiger partial charge is 0.536 e. The molecule has 1 aromatic carbocycles. The number of aliphatic hydroxyl groups excluding tert-OH is 1. The number of likely N-dealkylation sites (tertiary alicyclic amines) is 1. The van der Waals surface area contributed by atoms with Crippen LogP contribution in [0.5, 0.6) is 11.5 Å². The molecule has 124 valence electrons. The van der Waals surface area contributed by atoms with E-state index in [2.05, 4.69) is 0 Å². The van der Waals surface area contributed by atoms with Gasteiger partial charge in [-0.2, -0.15) is 0 Å². The van der Waals surface area contributed by atoms with Crippen molar-refractivity contribution < 1.29 is 24.3 Å². The van der Waals surface area contributed by atoms with Crippen molar-refractivity contribution in [1.29, 1.82) is 0 Å². The third kappa shape index (κ3) is 3.97. The molecule has 6 nitrogen and oxygen atoms in total. The van der Waals surface area contributed by atoms with E-state index in [0.717, 1.165) is 18.4 Å². The number of nitrogens with zero attached hydrogens (tertiary/aromatic N) is 1. The normalized spacial score (nSPS) is 17.3. The number of carbonyl (C=O) groups is 1. The van der Waals surface area contributed by atoms with E-state index in [1.54, 1.807) is 4.90 Å². The fraction of sp³-hybridized carbons (Fsp3) is 0.562. The Balaban J connectivity index is 1.47. The fourth-order valence-electron chi connectivity index (χ4n) is 2.86. The Kier molecular flexibility index (Phi) is 5.08. The minimum atomic E-state index is -0.742. The highest BCUT2D eigenvalue weighted by molar-refractivity contribution is 6.44. The summed E-state index contributed by atoms with van der Waals surface area (Å²) in [6.07, 6.45) is 3.29. The average Bonchev–Trinajstić information content (AvgIpc) is 2.50. The van der Waals surface area contributed by atoms with Gasteiger partial charge in [-0.25, -0.2) is 0 Å². The van der Waals surface area contributed by atoms with Crippen LogP contribution >= 0.6 is 0 Å². The summed E-state index contributed by atoms with van der Waals surface area (Å²) >= 11 is 0. The molecule has 0 radical (unpaired) electrons. The molecule has 0 aromatic heterocycles. The summed E-state index contributed by atoms with van der Waals surface area (Å²) in [6.45, 7) is 1.32. The van der Waals surface area contributed by atoms with Crippen molar-refractivity contribution in [3.8, 4) is 11.5 Å². The van der Waals surface area contributed by atoms with E-state index in [1.807, 2.05) is 18.2 Å². The summed E-state index contributed by atoms with van der Waals surface area (Å²) in [5, 5.41) is 18.3. The van der Waals surface area contributed by atoms with Gasteiger partial charge in [-0.15, -0.1) is 0 Å². The van der Waals surface area contributed by atoms with E-state index in [-0.39, 0.29) is 18.6 Å². The smallest absolute Gasteiger partial charge is 0.522 e. The molecule has 0 bridgehead atoms. The van der Waals surface area contributed by atoms with Crippen LogP contribution in [-0.4, -0.2) is 53.9 Å². The van der Waals surface area contributed by atoms with Crippen molar-refractivity contribution >= 4 is 13.0 Å². The number of ether oxygens (including phenoxy) is 1. The molecule has 1 aromatic rings. The van der Waals surface area contributed by atoms with Crippen molar-refractivity contribution in [1.82, 2.24) is 4.90 Å². The number of aryl methyl sites for hydroxylation is 1. The zero-order valence-electron chi connectivity index (χ0n) is 13.1. The fourth-order valence-corrected chi connectivity index (χ4v) is 2.86. The quantitative estimate of drug-likeness (QED) is 0.600.